The lowest BCUT2D eigenvalue weighted by molar-refractivity contribution is -0.133. The predicted molar refractivity (Wildman–Crippen MR) is 135 cm³/mol. The molecule has 3 aromatic rings. The quantitative estimate of drug-likeness (QED) is 0.580. The fourth-order valence-electron chi connectivity index (χ4n) is 4.60. The number of hydrogen-bond donors (Lipinski definition) is 2. The van der Waals surface area contributed by atoms with Gasteiger partial charge in [-0.25, -0.2) is 15.8 Å². The number of piperazine rings is 1. The lowest BCUT2D eigenvalue weighted by atomic mass is 10.1. The highest BCUT2D eigenvalue weighted by Crippen LogP contribution is 2.35. The van der Waals surface area contributed by atoms with Crippen molar-refractivity contribution in [1.29, 1.82) is 0 Å². The first-order chi connectivity index (χ1) is 16.0. The summed E-state index contributed by atoms with van der Waals surface area (Å²) in [4.78, 5) is 23.5. The SMILES string of the molecule is Cc1cccc(-c2nc(C)c(C3CC(C(=O)N4CCN(c5cccc(Cl)c5)CC4)NN3)s2)c1. The van der Waals surface area contributed by atoms with Crippen LogP contribution in [-0.2, 0) is 4.79 Å². The Kier molecular flexibility index (Phi) is 6.38. The molecule has 0 spiro atoms. The van der Waals surface area contributed by atoms with Gasteiger partial charge in [0.2, 0.25) is 5.91 Å². The van der Waals surface area contributed by atoms with Crippen molar-refractivity contribution < 1.29 is 4.79 Å². The van der Waals surface area contributed by atoms with Gasteiger partial charge in [-0.1, -0.05) is 41.4 Å². The average molecular weight is 482 g/mol. The number of amides is 1. The second kappa shape index (κ2) is 9.43. The molecule has 2 fully saturated rings. The Hall–Kier alpha value is -2.45. The number of aromatic nitrogens is 1. The summed E-state index contributed by atoms with van der Waals surface area (Å²) in [7, 11) is 0. The number of thiazole rings is 1. The number of carbonyl (C=O) groups is 1. The van der Waals surface area contributed by atoms with Crippen LogP contribution in [0.5, 0.6) is 0 Å². The van der Waals surface area contributed by atoms with Crippen molar-refractivity contribution in [2.45, 2.75) is 32.4 Å². The molecular weight excluding hydrogens is 454 g/mol. The van der Waals surface area contributed by atoms with E-state index in [1.807, 2.05) is 23.1 Å². The number of hydrazine groups is 1. The third-order valence-corrected chi connectivity index (χ3v) is 7.94. The second-order valence-electron chi connectivity index (χ2n) is 8.76. The molecule has 2 atom stereocenters. The molecule has 0 bridgehead atoms. The van der Waals surface area contributed by atoms with Gasteiger partial charge in [0.15, 0.2) is 0 Å². The maximum absolute atomic E-state index is 13.2. The zero-order chi connectivity index (χ0) is 22.9. The molecule has 2 aromatic carbocycles. The molecule has 0 radical (unpaired) electrons. The fraction of sp³-hybridized carbons (Fsp3) is 0.360. The monoisotopic (exact) mass is 481 g/mol. The van der Waals surface area contributed by atoms with Crippen molar-refractivity contribution in [2.24, 2.45) is 0 Å². The van der Waals surface area contributed by atoms with E-state index in [0.717, 1.165) is 46.5 Å². The van der Waals surface area contributed by atoms with E-state index in [2.05, 4.69) is 59.9 Å². The van der Waals surface area contributed by atoms with Gasteiger partial charge in [0.1, 0.15) is 11.0 Å². The van der Waals surface area contributed by atoms with Gasteiger partial charge in [0.25, 0.3) is 0 Å². The van der Waals surface area contributed by atoms with E-state index < -0.39 is 0 Å². The van der Waals surface area contributed by atoms with E-state index in [1.54, 1.807) is 11.3 Å². The second-order valence-corrected chi connectivity index (χ2v) is 10.2. The normalized spacial score (nSPS) is 20.9. The Labute approximate surface area is 203 Å². The molecule has 1 aromatic heterocycles. The lowest BCUT2D eigenvalue weighted by Crippen LogP contribution is -2.53. The number of carbonyl (C=O) groups excluding carboxylic acids is 1. The number of nitrogens with zero attached hydrogens (tertiary/aromatic N) is 3. The summed E-state index contributed by atoms with van der Waals surface area (Å²) >= 11 is 7.85. The topological polar surface area (TPSA) is 60.5 Å². The van der Waals surface area contributed by atoms with Crippen LogP contribution in [0.4, 0.5) is 5.69 Å². The Balaban J connectivity index is 1.21. The highest BCUT2D eigenvalue weighted by atomic mass is 35.5. The van der Waals surface area contributed by atoms with Crippen LogP contribution in [0, 0.1) is 13.8 Å². The number of benzene rings is 2. The van der Waals surface area contributed by atoms with Crippen molar-refractivity contribution >= 4 is 34.5 Å². The summed E-state index contributed by atoms with van der Waals surface area (Å²) in [5.41, 5.74) is 11.1. The van der Waals surface area contributed by atoms with Crippen molar-refractivity contribution in [3.05, 3.63) is 69.7 Å². The van der Waals surface area contributed by atoms with Gasteiger partial charge < -0.3 is 9.80 Å². The largest absolute Gasteiger partial charge is 0.368 e. The first-order valence-corrected chi connectivity index (χ1v) is 12.5. The molecule has 33 heavy (non-hydrogen) atoms. The molecule has 0 aliphatic carbocycles. The van der Waals surface area contributed by atoms with Crippen LogP contribution in [0.15, 0.2) is 48.5 Å². The molecule has 8 heteroatoms. The first-order valence-electron chi connectivity index (χ1n) is 11.3. The number of aryl methyl sites for hydroxylation is 2. The molecule has 6 nitrogen and oxygen atoms in total. The number of rotatable bonds is 4. The van der Waals surface area contributed by atoms with Crippen LogP contribution in [0.1, 0.15) is 28.6 Å². The van der Waals surface area contributed by atoms with Crippen LogP contribution < -0.4 is 15.8 Å². The van der Waals surface area contributed by atoms with Crippen LogP contribution in [0.3, 0.4) is 0 Å². The van der Waals surface area contributed by atoms with E-state index >= 15 is 0 Å². The molecule has 2 unspecified atom stereocenters. The van der Waals surface area contributed by atoms with Gasteiger partial charge in [-0.3, -0.25) is 4.79 Å². The van der Waals surface area contributed by atoms with Crippen LogP contribution in [0.25, 0.3) is 10.6 Å². The van der Waals surface area contributed by atoms with Gasteiger partial charge in [-0.2, -0.15) is 0 Å². The maximum atomic E-state index is 13.2. The first kappa shape index (κ1) is 22.3. The number of nitrogens with one attached hydrogen (secondary N) is 2. The standard InChI is InChI=1S/C25H28ClN5OS/c1-16-5-3-6-18(13-16)24-27-17(2)23(33-24)21-15-22(29-28-21)25(32)31-11-9-30(10-12-31)20-8-4-7-19(26)14-20/h3-8,13-14,21-22,28-29H,9-12,15H2,1-2H3. The molecule has 2 saturated heterocycles. The van der Waals surface area contributed by atoms with Crippen molar-refractivity contribution in [1.82, 2.24) is 20.7 Å². The summed E-state index contributed by atoms with van der Waals surface area (Å²) in [5.74, 6) is 0.164. The lowest BCUT2D eigenvalue weighted by Gasteiger charge is -2.37. The zero-order valence-corrected chi connectivity index (χ0v) is 20.4. The van der Waals surface area contributed by atoms with E-state index in [9.17, 15) is 4.79 Å². The highest BCUT2D eigenvalue weighted by Gasteiger charge is 2.35. The Morgan fingerprint density at radius 3 is 2.61 bits per heavy atom. The molecule has 3 heterocycles. The number of halogens is 1. The summed E-state index contributed by atoms with van der Waals surface area (Å²) in [5, 5.41) is 1.77. The summed E-state index contributed by atoms with van der Waals surface area (Å²) in [6.07, 6.45) is 0.726. The maximum Gasteiger partial charge on any atom is 0.241 e. The fourth-order valence-corrected chi connectivity index (χ4v) is 5.91. The molecule has 2 aliphatic heterocycles. The molecule has 1 amide bonds. The van der Waals surface area contributed by atoms with Crippen molar-refractivity contribution in [3.8, 4) is 10.6 Å². The average Bonchev–Trinajstić information content (AvgIpc) is 3.45. The van der Waals surface area contributed by atoms with E-state index in [1.165, 1.54) is 10.4 Å². The summed E-state index contributed by atoms with van der Waals surface area (Å²) in [6.45, 7) is 7.19. The molecule has 172 valence electrons. The van der Waals surface area contributed by atoms with Crippen molar-refractivity contribution in [2.75, 3.05) is 31.1 Å². The Bertz CT molecular complexity index is 1160. The van der Waals surface area contributed by atoms with E-state index in [-0.39, 0.29) is 18.0 Å². The van der Waals surface area contributed by atoms with Gasteiger partial charge in [0.05, 0.1) is 11.7 Å². The highest BCUT2D eigenvalue weighted by molar-refractivity contribution is 7.15. The van der Waals surface area contributed by atoms with Gasteiger partial charge in [-0.05, 0) is 44.5 Å². The minimum atomic E-state index is -0.225. The number of anilines is 1. The van der Waals surface area contributed by atoms with E-state index in [0.29, 0.717) is 13.1 Å². The third kappa shape index (κ3) is 4.77. The van der Waals surface area contributed by atoms with Crippen LogP contribution in [0.2, 0.25) is 5.02 Å². The predicted octanol–water partition coefficient (Wildman–Crippen LogP) is 4.34. The van der Waals surface area contributed by atoms with Gasteiger partial charge in [-0.15, -0.1) is 11.3 Å². The summed E-state index contributed by atoms with van der Waals surface area (Å²) in [6, 6.07) is 16.2. The Morgan fingerprint density at radius 2 is 1.85 bits per heavy atom. The van der Waals surface area contributed by atoms with Crippen molar-refractivity contribution in [3.63, 3.8) is 0 Å². The number of hydrogen-bond acceptors (Lipinski definition) is 6. The van der Waals surface area contributed by atoms with E-state index in [4.69, 9.17) is 16.6 Å². The molecule has 0 saturated carbocycles. The minimum Gasteiger partial charge on any atom is -0.368 e. The third-order valence-electron chi connectivity index (χ3n) is 6.38. The minimum absolute atomic E-state index is 0.0859. The van der Waals surface area contributed by atoms with Gasteiger partial charge >= 0.3 is 0 Å². The molecule has 2 N–H and O–H groups in total. The zero-order valence-electron chi connectivity index (χ0n) is 18.8. The van der Waals surface area contributed by atoms with Crippen LogP contribution in [-0.4, -0.2) is 48.0 Å². The molecule has 5 rings (SSSR count). The summed E-state index contributed by atoms with van der Waals surface area (Å²) < 4.78 is 0. The smallest absolute Gasteiger partial charge is 0.241 e. The Morgan fingerprint density at radius 1 is 1.06 bits per heavy atom. The molecule has 2 aliphatic rings. The van der Waals surface area contributed by atoms with Gasteiger partial charge in [0, 0.05) is 47.3 Å². The molecular formula is C25H28ClN5OS. The van der Waals surface area contributed by atoms with Crippen LogP contribution >= 0.6 is 22.9 Å².